The minimum absolute atomic E-state index is 0.129. The molecule has 0 spiro atoms. The molecule has 3 aromatic carbocycles. The van der Waals surface area contributed by atoms with Gasteiger partial charge in [-0.3, -0.25) is 13.9 Å². The molecular formula is C31H39N3O4S. The number of nitrogens with zero attached hydrogens (tertiary/aromatic N) is 2. The van der Waals surface area contributed by atoms with E-state index in [2.05, 4.69) is 5.32 Å². The summed E-state index contributed by atoms with van der Waals surface area (Å²) >= 11 is 0. The molecule has 0 aliphatic heterocycles. The van der Waals surface area contributed by atoms with Crippen LogP contribution in [-0.2, 0) is 39.0 Å². The first kappa shape index (κ1) is 29.9. The zero-order valence-corrected chi connectivity index (χ0v) is 24.2. The first-order chi connectivity index (χ1) is 18.5. The minimum Gasteiger partial charge on any atom is -0.352 e. The molecule has 3 aromatic rings. The third-order valence-electron chi connectivity index (χ3n) is 6.50. The zero-order valence-electron chi connectivity index (χ0n) is 23.4. The monoisotopic (exact) mass is 549 g/mol. The Morgan fingerprint density at radius 1 is 0.872 bits per heavy atom. The number of carbonyl (C=O) groups excluding carboxylic acids is 2. The summed E-state index contributed by atoms with van der Waals surface area (Å²) in [6.07, 6.45) is 2.00. The van der Waals surface area contributed by atoms with Crippen LogP contribution < -0.4 is 9.62 Å². The van der Waals surface area contributed by atoms with Gasteiger partial charge in [0.25, 0.3) is 0 Å². The summed E-state index contributed by atoms with van der Waals surface area (Å²) in [5, 5.41) is 2.96. The lowest BCUT2D eigenvalue weighted by molar-refractivity contribution is -0.140. The topological polar surface area (TPSA) is 86.8 Å². The first-order valence-electron chi connectivity index (χ1n) is 13.2. The van der Waals surface area contributed by atoms with Crippen LogP contribution in [0.15, 0.2) is 78.9 Å². The highest BCUT2D eigenvalue weighted by Gasteiger charge is 2.33. The van der Waals surface area contributed by atoms with Crippen molar-refractivity contribution in [2.75, 3.05) is 17.1 Å². The van der Waals surface area contributed by atoms with Crippen molar-refractivity contribution < 1.29 is 18.0 Å². The van der Waals surface area contributed by atoms with Gasteiger partial charge in [0.1, 0.15) is 12.6 Å². The fraction of sp³-hybridized carbons (Fsp3) is 0.355. The molecule has 0 aliphatic carbocycles. The largest absolute Gasteiger partial charge is 0.352 e. The Hall–Kier alpha value is -3.65. The summed E-state index contributed by atoms with van der Waals surface area (Å²) in [6, 6.07) is 23.5. The van der Waals surface area contributed by atoms with Crippen LogP contribution in [0.4, 0.5) is 5.69 Å². The molecule has 0 saturated heterocycles. The normalized spacial score (nSPS) is 12.2. The second kappa shape index (κ2) is 13.4. The predicted molar refractivity (Wildman–Crippen MR) is 157 cm³/mol. The van der Waals surface area contributed by atoms with Crippen LogP contribution in [0.25, 0.3) is 0 Å². The van der Waals surface area contributed by atoms with Crippen LogP contribution in [0, 0.1) is 6.92 Å². The van der Waals surface area contributed by atoms with Gasteiger partial charge in [-0.05, 0) is 49.9 Å². The quantitative estimate of drug-likeness (QED) is 0.361. The van der Waals surface area contributed by atoms with Crippen LogP contribution in [0.2, 0.25) is 0 Å². The maximum atomic E-state index is 14.1. The molecule has 0 unspecified atom stereocenters. The van der Waals surface area contributed by atoms with Crippen molar-refractivity contribution in [1.29, 1.82) is 0 Å². The fourth-order valence-corrected chi connectivity index (χ4v) is 5.35. The van der Waals surface area contributed by atoms with E-state index >= 15 is 0 Å². The van der Waals surface area contributed by atoms with E-state index in [-0.39, 0.29) is 18.5 Å². The summed E-state index contributed by atoms with van der Waals surface area (Å²) in [7, 11) is -3.80. The molecule has 0 aliphatic rings. The van der Waals surface area contributed by atoms with E-state index in [0.29, 0.717) is 18.5 Å². The average molecular weight is 550 g/mol. The Bertz CT molecular complexity index is 1360. The van der Waals surface area contributed by atoms with Crippen LogP contribution in [0.5, 0.6) is 0 Å². The van der Waals surface area contributed by atoms with Gasteiger partial charge in [-0.2, -0.15) is 0 Å². The van der Waals surface area contributed by atoms with Crippen molar-refractivity contribution >= 4 is 27.5 Å². The lowest BCUT2D eigenvalue weighted by atomic mass is 10.0. The molecule has 1 N–H and O–H groups in total. The molecule has 0 aromatic heterocycles. The van der Waals surface area contributed by atoms with E-state index in [1.54, 1.807) is 12.1 Å². The molecule has 0 radical (unpaired) electrons. The molecule has 0 bridgehead atoms. The van der Waals surface area contributed by atoms with Gasteiger partial charge in [0, 0.05) is 19.0 Å². The van der Waals surface area contributed by atoms with Gasteiger partial charge in [-0.25, -0.2) is 8.42 Å². The van der Waals surface area contributed by atoms with Crippen LogP contribution in [0.1, 0.15) is 43.0 Å². The maximum absolute atomic E-state index is 14.1. The average Bonchev–Trinajstić information content (AvgIpc) is 2.89. The van der Waals surface area contributed by atoms with Crippen molar-refractivity contribution in [2.45, 2.75) is 59.2 Å². The Morgan fingerprint density at radius 3 is 2.08 bits per heavy atom. The van der Waals surface area contributed by atoms with Gasteiger partial charge in [0.15, 0.2) is 0 Å². The standard InChI is InChI=1S/C31H39N3O4S/c1-6-27-14-10-11-15-28(27)34(39(5,37)38)22-30(35)33(21-26-18-16-24(4)17-19-26)29(31(36)32-23(2)3)20-25-12-8-7-9-13-25/h7-19,23,29H,6,20-22H2,1-5H3,(H,32,36)/t29-/m1/s1. The number of para-hydroxylation sites is 1. The van der Waals surface area contributed by atoms with Gasteiger partial charge in [0.2, 0.25) is 21.8 Å². The zero-order chi connectivity index (χ0) is 28.6. The summed E-state index contributed by atoms with van der Waals surface area (Å²) in [5.74, 6) is -0.735. The smallest absolute Gasteiger partial charge is 0.244 e. The van der Waals surface area contributed by atoms with E-state index in [4.69, 9.17) is 0 Å². The van der Waals surface area contributed by atoms with Gasteiger partial charge < -0.3 is 10.2 Å². The lowest BCUT2D eigenvalue weighted by Gasteiger charge is -2.34. The lowest BCUT2D eigenvalue weighted by Crippen LogP contribution is -2.54. The molecular weight excluding hydrogens is 510 g/mol. The Labute approximate surface area is 232 Å². The third kappa shape index (κ3) is 8.42. The molecule has 8 heteroatoms. The van der Waals surface area contributed by atoms with Crippen molar-refractivity contribution in [1.82, 2.24) is 10.2 Å². The van der Waals surface area contributed by atoms with Gasteiger partial charge in [-0.1, -0.05) is 85.3 Å². The second-order valence-electron chi connectivity index (χ2n) is 10.1. The summed E-state index contributed by atoms with van der Waals surface area (Å²) in [4.78, 5) is 29.2. The van der Waals surface area contributed by atoms with Crippen LogP contribution in [0.3, 0.4) is 0 Å². The third-order valence-corrected chi connectivity index (χ3v) is 7.62. The number of hydrogen-bond acceptors (Lipinski definition) is 4. The SMILES string of the molecule is CCc1ccccc1N(CC(=O)N(Cc1ccc(C)cc1)[C@H](Cc1ccccc1)C(=O)NC(C)C)S(C)(=O)=O. The van der Waals surface area contributed by atoms with E-state index < -0.39 is 28.5 Å². The molecule has 0 fully saturated rings. The number of amides is 2. The number of sulfonamides is 1. The summed E-state index contributed by atoms with van der Waals surface area (Å²) < 4.78 is 27.1. The number of aryl methyl sites for hydroxylation is 2. The van der Waals surface area contributed by atoms with E-state index in [9.17, 15) is 18.0 Å². The summed E-state index contributed by atoms with van der Waals surface area (Å²) in [6.45, 7) is 7.41. The molecule has 3 rings (SSSR count). The number of anilines is 1. The number of hydrogen-bond donors (Lipinski definition) is 1. The molecule has 1 atom stereocenters. The van der Waals surface area contributed by atoms with Gasteiger partial charge in [0.05, 0.1) is 11.9 Å². The highest BCUT2D eigenvalue weighted by molar-refractivity contribution is 7.92. The van der Waals surface area contributed by atoms with Crippen molar-refractivity contribution in [2.24, 2.45) is 0 Å². The van der Waals surface area contributed by atoms with E-state index in [0.717, 1.165) is 32.8 Å². The van der Waals surface area contributed by atoms with Crippen molar-refractivity contribution in [3.05, 3.63) is 101 Å². The summed E-state index contributed by atoms with van der Waals surface area (Å²) in [5.41, 5.74) is 4.12. The van der Waals surface area contributed by atoms with Crippen molar-refractivity contribution in [3.63, 3.8) is 0 Å². The molecule has 7 nitrogen and oxygen atoms in total. The van der Waals surface area contributed by atoms with Gasteiger partial charge in [-0.15, -0.1) is 0 Å². The van der Waals surface area contributed by atoms with Crippen LogP contribution >= 0.6 is 0 Å². The van der Waals surface area contributed by atoms with E-state index in [1.165, 1.54) is 4.90 Å². The Morgan fingerprint density at radius 2 is 1.49 bits per heavy atom. The first-order valence-corrected chi connectivity index (χ1v) is 15.1. The number of carbonyl (C=O) groups is 2. The maximum Gasteiger partial charge on any atom is 0.244 e. The van der Waals surface area contributed by atoms with E-state index in [1.807, 2.05) is 94.4 Å². The predicted octanol–water partition coefficient (Wildman–Crippen LogP) is 4.49. The Kier molecular flexibility index (Phi) is 10.3. The molecule has 208 valence electrons. The molecule has 0 saturated carbocycles. The fourth-order valence-electron chi connectivity index (χ4n) is 4.47. The second-order valence-corrected chi connectivity index (χ2v) is 12.0. The van der Waals surface area contributed by atoms with Gasteiger partial charge >= 0.3 is 0 Å². The molecule has 2 amide bonds. The molecule has 0 heterocycles. The number of rotatable bonds is 12. The van der Waals surface area contributed by atoms with Crippen LogP contribution in [-0.4, -0.2) is 50.0 Å². The van der Waals surface area contributed by atoms with Crippen molar-refractivity contribution in [3.8, 4) is 0 Å². The number of nitrogens with one attached hydrogen (secondary N) is 1. The Balaban J connectivity index is 2.07. The molecule has 39 heavy (non-hydrogen) atoms. The number of benzene rings is 3. The minimum atomic E-state index is -3.80. The highest BCUT2D eigenvalue weighted by atomic mass is 32.2. The highest BCUT2D eigenvalue weighted by Crippen LogP contribution is 2.24.